The number of halogens is 1. The molecule has 136 valence electrons. The topological polar surface area (TPSA) is 169 Å². The molecule has 2 aliphatic heterocycles. The summed E-state index contributed by atoms with van der Waals surface area (Å²) in [6.45, 7) is -1.48. The molecule has 2 heterocycles. The Kier molecular flexibility index (Phi) is 6.24. The second-order valence-corrected chi connectivity index (χ2v) is 5.48. The number of aliphatic hydroxyl groups excluding tert-OH is 7. The van der Waals surface area contributed by atoms with Gasteiger partial charge in [-0.15, -0.1) is 0 Å². The number of hydrogen-bond donors (Lipinski definition) is 7. The highest BCUT2D eigenvalue weighted by atomic mass is 19.1. The lowest BCUT2D eigenvalue weighted by molar-refractivity contribution is -0.373. The predicted octanol–water partition coefficient (Wildman–Crippen LogP) is -4.42. The maximum Gasteiger partial charge on any atom is 0.189 e. The first-order valence-corrected chi connectivity index (χ1v) is 7.04. The Balaban J connectivity index is 2.07. The van der Waals surface area contributed by atoms with E-state index in [-0.39, 0.29) is 0 Å². The summed E-state index contributed by atoms with van der Waals surface area (Å²) in [6.07, 6.45) is -16.9. The van der Waals surface area contributed by atoms with Gasteiger partial charge >= 0.3 is 0 Å². The van der Waals surface area contributed by atoms with Crippen LogP contribution in [0.15, 0.2) is 0 Å². The van der Waals surface area contributed by atoms with Crippen LogP contribution in [0.4, 0.5) is 4.39 Å². The molecule has 0 aromatic rings. The van der Waals surface area contributed by atoms with Crippen LogP contribution in [-0.4, -0.2) is 110 Å². The Bertz CT molecular complexity index is 349. The van der Waals surface area contributed by atoms with Crippen LogP contribution >= 0.6 is 0 Å². The highest BCUT2D eigenvalue weighted by molar-refractivity contribution is 4.92. The number of aliphatic hydroxyl groups is 7. The van der Waals surface area contributed by atoms with E-state index in [2.05, 4.69) is 0 Å². The molecule has 0 aromatic heterocycles. The lowest BCUT2D eigenvalue weighted by atomic mass is 9.98. The molecule has 2 aliphatic rings. The van der Waals surface area contributed by atoms with Gasteiger partial charge in [0.15, 0.2) is 18.8 Å². The van der Waals surface area contributed by atoms with Gasteiger partial charge in [0.1, 0.15) is 42.7 Å². The van der Waals surface area contributed by atoms with Gasteiger partial charge in [0.05, 0.1) is 13.2 Å². The molecule has 7 N–H and O–H groups in total. The van der Waals surface area contributed by atoms with Crippen molar-refractivity contribution >= 4 is 0 Å². The average Bonchev–Trinajstić information content (AvgIpc) is 2.55. The molecule has 0 bridgehead atoms. The molecule has 0 amide bonds. The summed E-state index contributed by atoms with van der Waals surface area (Å²) >= 11 is 0. The van der Waals surface area contributed by atoms with E-state index in [0.29, 0.717) is 0 Å². The van der Waals surface area contributed by atoms with Crippen LogP contribution in [0.3, 0.4) is 0 Å². The Labute approximate surface area is 130 Å². The standard InChI is InChI=1S/C12H21FO10/c13-5-3(1-14)21-11(9(19)7(5)17)23-12-10(20)8(18)6(16)4(2-15)22-12/h3-12,14-20H,1-2H2/t3?,4?,5-,6-,7+,8-,9?,10?,11-,12-/m1/s1. The van der Waals surface area contributed by atoms with Crippen molar-refractivity contribution in [3.05, 3.63) is 0 Å². The van der Waals surface area contributed by atoms with E-state index in [1.54, 1.807) is 0 Å². The number of hydrogen-bond acceptors (Lipinski definition) is 10. The van der Waals surface area contributed by atoms with Gasteiger partial charge in [0.25, 0.3) is 0 Å². The molecule has 2 saturated heterocycles. The van der Waals surface area contributed by atoms with Crippen molar-refractivity contribution in [1.29, 1.82) is 0 Å². The SMILES string of the molecule is OCC1O[C@H](O[C@H]2OC(CO)[C@@H](F)[C@H](O)C2O)C(O)[C@H](O)[C@@H]1O. The quantitative estimate of drug-likeness (QED) is 0.264. The van der Waals surface area contributed by atoms with Gasteiger partial charge in [-0.3, -0.25) is 0 Å². The molecule has 11 heteroatoms. The highest BCUT2D eigenvalue weighted by Gasteiger charge is 2.50. The molecule has 0 saturated carbocycles. The second kappa shape index (κ2) is 7.61. The largest absolute Gasteiger partial charge is 0.394 e. The molecular formula is C12H21FO10. The third-order valence-corrected chi connectivity index (χ3v) is 3.92. The molecule has 2 rings (SSSR count). The molecular weight excluding hydrogens is 323 g/mol. The van der Waals surface area contributed by atoms with Crippen LogP contribution in [0.5, 0.6) is 0 Å². The lowest BCUT2D eigenvalue weighted by Gasteiger charge is -2.44. The van der Waals surface area contributed by atoms with Crippen LogP contribution in [-0.2, 0) is 14.2 Å². The Morgan fingerprint density at radius 1 is 0.696 bits per heavy atom. The van der Waals surface area contributed by atoms with E-state index in [1.165, 1.54) is 0 Å². The van der Waals surface area contributed by atoms with E-state index in [0.717, 1.165) is 0 Å². The molecule has 0 aromatic carbocycles. The molecule has 0 radical (unpaired) electrons. The van der Waals surface area contributed by atoms with Crippen molar-refractivity contribution in [2.24, 2.45) is 0 Å². The van der Waals surface area contributed by atoms with E-state index in [4.69, 9.17) is 24.4 Å². The summed E-state index contributed by atoms with van der Waals surface area (Å²) in [5.74, 6) is 0. The van der Waals surface area contributed by atoms with E-state index in [9.17, 15) is 29.9 Å². The van der Waals surface area contributed by atoms with Crippen molar-refractivity contribution in [3.8, 4) is 0 Å². The molecule has 10 atom stereocenters. The van der Waals surface area contributed by atoms with Gasteiger partial charge in [-0.05, 0) is 0 Å². The molecule has 0 aliphatic carbocycles. The normalized spacial score (nSPS) is 51.7. The fraction of sp³-hybridized carbons (Fsp3) is 1.00. The highest BCUT2D eigenvalue weighted by Crippen LogP contribution is 2.28. The summed E-state index contributed by atoms with van der Waals surface area (Å²) in [4.78, 5) is 0. The zero-order chi connectivity index (χ0) is 17.3. The van der Waals surface area contributed by atoms with Crippen molar-refractivity contribution < 1.29 is 54.3 Å². The third-order valence-electron chi connectivity index (χ3n) is 3.92. The van der Waals surface area contributed by atoms with Gasteiger partial charge in [-0.1, -0.05) is 0 Å². The Morgan fingerprint density at radius 3 is 1.70 bits per heavy atom. The third kappa shape index (κ3) is 3.64. The number of ether oxygens (including phenoxy) is 3. The van der Waals surface area contributed by atoms with Crippen LogP contribution in [0, 0.1) is 0 Å². The van der Waals surface area contributed by atoms with Crippen molar-refractivity contribution in [2.75, 3.05) is 13.2 Å². The molecule has 4 unspecified atom stereocenters. The minimum Gasteiger partial charge on any atom is -0.394 e. The summed E-state index contributed by atoms with van der Waals surface area (Å²) in [7, 11) is 0. The van der Waals surface area contributed by atoms with E-state index >= 15 is 0 Å². The Hall–Kier alpha value is -0.470. The van der Waals surface area contributed by atoms with Gasteiger partial charge in [-0.2, -0.15) is 0 Å². The smallest absolute Gasteiger partial charge is 0.189 e. The van der Waals surface area contributed by atoms with Crippen molar-refractivity contribution in [2.45, 2.75) is 61.5 Å². The zero-order valence-electron chi connectivity index (χ0n) is 11.9. The minimum atomic E-state index is -2.05. The predicted molar refractivity (Wildman–Crippen MR) is 67.5 cm³/mol. The van der Waals surface area contributed by atoms with Crippen LogP contribution in [0.25, 0.3) is 0 Å². The first kappa shape index (κ1) is 18.9. The van der Waals surface area contributed by atoms with Gasteiger partial charge in [0.2, 0.25) is 0 Å². The van der Waals surface area contributed by atoms with Crippen LogP contribution in [0.2, 0.25) is 0 Å². The fourth-order valence-electron chi connectivity index (χ4n) is 2.47. The second-order valence-electron chi connectivity index (χ2n) is 5.48. The first-order chi connectivity index (χ1) is 10.8. The number of alkyl halides is 1. The molecule has 10 nitrogen and oxygen atoms in total. The summed E-state index contributed by atoms with van der Waals surface area (Å²) in [5.41, 5.74) is 0. The first-order valence-electron chi connectivity index (χ1n) is 7.04. The van der Waals surface area contributed by atoms with Gasteiger partial charge in [-0.25, -0.2) is 4.39 Å². The average molecular weight is 344 g/mol. The zero-order valence-corrected chi connectivity index (χ0v) is 11.9. The summed E-state index contributed by atoms with van der Waals surface area (Å²) in [5, 5.41) is 66.5. The van der Waals surface area contributed by atoms with Crippen molar-refractivity contribution in [3.63, 3.8) is 0 Å². The monoisotopic (exact) mass is 344 g/mol. The summed E-state index contributed by atoms with van der Waals surface area (Å²) in [6, 6.07) is 0. The maximum atomic E-state index is 13.6. The Morgan fingerprint density at radius 2 is 1.17 bits per heavy atom. The van der Waals surface area contributed by atoms with Crippen LogP contribution in [0.1, 0.15) is 0 Å². The fourth-order valence-corrected chi connectivity index (χ4v) is 2.47. The van der Waals surface area contributed by atoms with Gasteiger partial charge in [0, 0.05) is 0 Å². The van der Waals surface area contributed by atoms with Crippen LogP contribution < -0.4 is 0 Å². The maximum absolute atomic E-state index is 13.6. The molecule has 23 heavy (non-hydrogen) atoms. The van der Waals surface area contributed by atoms with E-state index in [1.807, 2.05) is 0 Å². The summed E-state index contributed by atoms with van der Waals surface area (Å²) < 4.78 is 28.7. The number of rotatable bonds is 4. The molecule has 2 fully saturated rings. The lowest BCUT2D eigenvalue weighted by Crippen LogP contribution is -2.63. The minimum absolute atomic E-state index is 0.687. The van der Waals surface area contributed by atoms with E-state index < -0.39 is 74.7 Å². The van der Waals surface area contributed by atoms with Crippen molar-refractivity contribution in [1.82, 2.24) is 0 Å². The van der Waals surface area contributed by atoms with Gasteiger partial charge < -0.3 is 50.0 Å². The molecule has 0 spiro atoms.